The average Bonchev–Trinajstić information content (AvgIpc) is 2.91. The maximum absolute atomic E-state index is 13.0. The second kappa shape index (κ2) is 9.37. The van der Waals surface area contributed by atoms with Crippen LogP contribution >= 0.6 is 11.3 Å². The van der Waals surface area contributed by atoms with E-state index >= 15 is 0 Å². The molecule has 0 bridgehead atoms. The van der Waals surface area contributed by atoms with Gasteiger partial charge < -0.3 is 5.32 Å². The van der Waals surface area contributed by atoms with Crippen LogP contribution in [0.5, 0.6) is 0 Å². The number of nitrogens with zero attached hydrogens (tertiary/aromatic N) is 1. The van der Waals surface area contributed by atoms with Gasteiger partial charge in [-0.2, -0.15) is 0 Å². The van der Waals surface area contributed by atoms with Crippen molar-refractivity contribution in [3.8, 4) is 10.6 Å². The summed E-state index contributed by atoms with van der Waals surface area (Å²) in [6.45, 7) is 0. The van der Waals surface area contributed by atoms with Crippen LogP contribution in [0.1, 0.15) is 44.2 Å². The second-order valence-corrected chi connectivity index (χ2v) is 8.95. The standard InChI is InChI=1S/C19H23FN2O2S2/c20-15-9-7-14(8-10-15)19-22-17(11-25-19)12-26(24)13-18(23)21-16-5-3-1-2-4-6-16/h7-11,16H,1-6,12-13H2,(H,21,23). The third-order valence-electron chi connectivity index (χ3n) is 4.46. The van der Waals surface area contributed by atoms with Crippen LogP contribution < -0.4 is 5.32 Å². The summed E-state index contributed by atoms with van der Waals surface area (Å²) in [5, 5.41) is 5.64. The molecule has 1 saturated carbocycles. The number of nitrogens with one attached hydrogen (secondary N) is 1. The predicted molar refractivity (Wildman–Crippen MR) is 104 cm³/mol. The van der Waals surface area contributed by atoms with Crippen LogP contribution in [0.4, 0.5) is 4.39 Å². The van der Waals surface area contributed by atoms with Gasteiger partial charge in [-0.15, -0.1) is 11.3 Å². The van der Waals surface area contributed by atoms with Crippen LogP contribution in [0.2, 0.25) is 0 Å². The predicted octanol–water partition coefficient (Wildman–Crippen LogP) is 4.04. The van der Waals surface area contributed by atoms with E-state index in [4.69, 9.17) is 0 Å². The summed E-state index contributed by atoms with van der Waals surface area (Å²) in [5.74, 6) is -0.147. The first kappa shape index (κ1) is 19.2. The van der Waals surface area contributed by atoms with Crippen LogP contribution in [0.15, 0.2) is 29.6 Å². The number of amides is 1. The number of halogens is 1. The summed E-state index contributed by atoms with van der Waals surface area (Å²) in [4.78, 5) is 16.6. The van der Waals surface area contributed by atoms with E-state index < -0.39 is 10.8 Å². The Bertz CT molecular complexity index is 753. The smallest absolute Gasteiger partial charge is 0.232 e. The summed E-state index contributed by atoms with van der Waals surface area (Å²) in [5.41, 5.74) is 1.54. The lowest BCUT2D eigenvalue weighted by atomic mass is 10.1. The van der Waals surface area contributed by atoms with Gasteiger partial charge in [0.1, 0.15) is 16.6 Å². The van der Waals surface area contributed by atoms with Crippen LogP contribution in [0.25, 0.3) is 10.6 Å². The second-order valence-electron chi connectivity index (χ2n) is 6.64. The van der Waals surface area contributed by atoms with Crippen molar-refractivity contribution in [2.45, 2.75) is 50.3 Å². The summed E-state index contributed by atoms with van der Waals surface area (Å²) in [7, 11) is -1.28. The third kappa shape index (κ3) is 5.71. The number of hydrogen-bond donors (Lipinski definition) is 1. The molecule has 1 unspecified atom stereocenters. The fourth-order valence-electron chi connectivity index (χ4n) is 3.15. The minimum absolute atomic E-state index is 0.0138. The van der Waals surface area contributed by atoms with E-state index in [1.165, 1.54) is 36.3 Å². The van der Waals surface area contributed by atoms with Gasteiger partial charge in [0.2, 0.25) is 5.91 Å². The zero-order valence-corrected chi connectivity index (χ0v) is 16.2. The minimum atomic E-state index is -1.28. The molecule has 1 amide bonds. The molecule has 0 spiro atoms. The zero-order chi connectivity index (χ0) is 18.4. The first-order valence-electron chi connectivity index (χ1n) is 8.95. The molecule has 1 heterocycles. The van der Waals surface area contributed by atoms with E-state index in [0.717, 1.165) is 36.3 Å². The lowest BCUT2D eigenvalue weighted by Crippen LogP contribution is -2.37. The fraction of sp³-hybridized carbons (Fsp3) is 0.474. The highest BCUT2D eigenvalue weighted by Gasteiger charge is 2.17. The van der Waals surface area contributed by atoms with Crippen molar-refractivity contribution in [1.29, 1.82) is 0 Å². The molecule has 1 aromatic carbocycles. The van der Waals surface area contributed by atoms with Gasteiger partial charge in [0.15, 0.2) is 0 Å². The number of thiazole rings is 1. The van der Waals surface area contributed by atoms with Gasteiger partial charge in [-0.05, 0) is 37.1 Å². The van der Waals surface area contributed by atoms with Crippen molar-refractivity contribution in [3.05, 3.63) is 41.2 Å². The highest BCUT2D eigenvalue weighted by Crippen LogP contribution is 2.24. The Morgan fingerprint density at radius 2 is 1.88 bits per heavy atom. The Kier molecular flexibility index (Phi) is 6.91. The molecule has 1 aliphatic carbocycles. The molecule has 0 aliphatic heterocycles. The van der Waals surface area contributed by atoms with Gasteiger partial charge in [-0.3, -0.25) is 9.00 Å². The quantitative estimate of drug-likeness (QED) is 0.753. The lowest BCUT2D eigenvalue weighted by Gasteiger charge is -2.15. The first-order valence-corrected chi connectivity index (χ1v) is 11.3. The maximum atomic E-state index is 13.0. The molecule has 1 atom stereocenters. The summed E-state index contributed by atoms with van der Waals surface area (Å²) in [6.07, 6.45) is 6.81. The van der Waals surface area contributed by atoms with Crippen molar-refractivity contribution in [3.63, 3.8) is 0 Å². The number of benzene rings is 1. The zero-order valence-electron chi connectivity index (χ0n) is 14.6. The first-order chi connectivity index (χ1) is 12.6. The van der Waals surface area contributed by atoms with Crippen molar-refractivity contribution in [2.75, 3.05) is 5.75 Å². The van der Waals surface area contributed by atoms with Gasteiger partial charge in [0, 0.05) is 27.8 Å². The van der Waals surface area contributed by atoms with Crippen molar-refractivity contribution in [1.82, 2.24) is 10.3 Å². The van der Waals surface area contributed by atoms with Crippen LogP contribution in [0, 0.1) is 5.82 Å². The molecule has 2 aromatic rings. The molecule has 0 saturated heterocycles. The minimum Gasteiger partial charge on any atom is -0.353 e. The summed E-state index contributed by atoms with van der Waals surface area (Å²) in [6, 6.07) is 6.37. The molecule has 7 heteroatoms. The van der Waals surface area contributed by atoms with Gasteiger partial charge in [-0.1, -0.05) is 25.7 Å². The van der Waals surface area contributed by atoms with E-state index in [1.54, 1.807) is 12.1 Å². The molecule has 4 nitrogen and oxygen atoms in total. The molecule has 1 aliphatic rings. The molecule has 3 rings (SSSR count). The number of hydrogen-bond acceptors (Lipinski definition) is 4. The van der Waals surface area contributed by atoms with E-state index in [0.29, 0.717) is 5.69 Å². The van der Waals surface area contributed by atoms with E-state index in [2.05, 4.69) is 10.3 Å². The molecular formula is C19H23FN2O2S2. The number of rotatable bonds is 6. The van der Waals surface area contributed by atoms with Crippen molar-refractivity contribution < 1.29 is 13.4 Å². The summed E-state index contributed by atoms with van der Waals surface area (Å²) < 4.78 is 25.3. The van der Waals surface area contributed by atoms with E-state index in [-0.39, 0.29) is 29.3 Å². The molecule has 1 aromatic heterocycles. The Labute approximate surface area is 159 Å². The van der Waals surface area contributed by atoms with Gasteiger partial charge in [0.25, 0.3) is 0 Å². The van der Waals surface area contributed by atoms with Gasteiger partial charge >= 0.3 is 0 Å². The normalized spacial score (nSPS) is 16.8. The number of carbonyl (C=O) groups excluding carboxylic acids is 1. The van der Waals surface area contributed by atoms with Gasteiger partial charge in [0.05, 0.1) is 11.4 Å². The number of aromatic nitrogens is 1. The van der Waals surface area contributed by atoms with Crippen LogP contribution in [0.3, 0.4) is 0 Å². The SMILES string of the molecule is O=C(CS(=O)Cc1csc(-c2ccc(F)cc2)n1)NC1CCCCCC1. The topological polar surface area (TPSA) is 59.1 Å². The molecule has 140 valence electrons. The fourth-order valence-corrected chi connectivity index (χ4v) is 5.04. The van der Waals surface area contributed by atoms with E-state index in [9.17, 15) is 13.4 Å². The Morgan fingerprint density at radius 3 is 2.58 bits per heavy atom. The number of carbonyl (C=O) groups is 1. The monoisotopic (exact) mass is 394 g/mol. The Morgan fingerprint density at radius 1 is 1.19 bits per heavy atom. The third-order valence-corrected chi connectivity index (χ3v) is 6.61. The lowest BCUT2D eigenvalue weighted by molar-refractivity contribution is -0.119. The molecule has 0 radical (unpaired) electrons. The maximum Gasteiger partial charge on any atom is 0.232 e. The average molecular weight is 395 g/mol. The Hall–Kier alpha value is -1.60. The molecule has 1 N–H and O–H groups in total. The highest BCUT2D eigenvalue weighted by molar-refractivity contribution is 7.84. The van der Waals surface area contributed by atoms with Crippen LogP contribution in [-0.4, -0.2) is 26.9 Å². The van der Waals surface area contributed by atoms with Crippen molar-refractivity contribution in [2.24, 2.45) is 0 Å². The van der Waals surface area contributed by atoms with Gasteiger partial charge in [-0.25, -0.2) is 9.37 Å². The van der Waals surface area contributed by atoms with Crippen LogP contribution in [-0.2, 0) is 21.3 Å². The molecular weight excluding hydrogens is 371 g/mol. The van der Waals surface area contributed by atoms with Crippen molar-refractivity contribution >= 4 is 28.0 Å². The largest absolute Gasteiger partial charge is 0.353 e. The van der Waals surface area contributed by atoms with E-state index in [1.807, 2.05) is 5.38 Å². The molecule has 1 fully saturated rings. The highest BCUT2D eigenvalue weighted by atomic mass is 32.2. The Balaban J connectivity index is 1.50. The summed E-state index contributed by atoms with van der Waals surface area (Å²) >= 11 is 1.43. The molecule has 26 heavy (non-hydrogen) atoms.